The largest absolute Gasteiger partial charge is 0.478 e. The molecule has 6 heteroatoms. The van der Waals surface area contributed by atoms with Crippen molar-refractivity contribution in [2.24, 2.45) is 0 Å². The predicted molar refractivity (Wildman–Crippen MR) is 65.3 cm³/mol. The normalized spacial score (nSPS) is 10.2. The maximum Gasteiger partial charge on any atom is 0.339 e. The van der Waals surface area contributed by atoms with Crippen LogP contribution in [0.2, 0.25) is 0 Å². The van der Waals surface area contributed by atoms with Crippen molar-refractivity contribution in [2.75, 3.05) is 23.9 Å². The first-order valence-electron chi connectivity index (χ1n) is 4.88. The van der Waals surface area contributed by atoms with E-state index in [1.165, 1.54) is 0 Å². The van der Waals surface area contributed by atoms with E-state index in [1.54, 1.807) is 25.6 Å². The lowest BCUT2D eigenvalue weighted by Crippen LogP contribution is -2.14. The van der Waals surface area contributed by atoms with Crippen molar-refractivity contribution in [2.45, 2.75) is 13.8 Å². The van der Waals surface area contributed by atoms with Crippen LogP contribution >= 0.6 is 11.8 Å². The lowest BCUT2D eigenvalue weighted by atomic mass is 10.1. The molecular formula is C10H15N3O2S. The van der Waals surface area contributed by atoms with Crippen molar-refractivity contribution in [1.82, 2.24) is 10.2 Å². The predicted octanol–water partition coefficient (Wildman–Crippen LogP) is 1.57. The third kappa shape index (κ3) is 2.85. The molecule has 0 aliphatic rings. The standard InChI is InChI=1S/C10H15N3O2S/c1-6-7(2)12-13-9(8(6)10(14)15)11-4-5-16-3/h4-5H2,1-3H3,(H,11,13)(H,14,15). The zero-order valence-corrected chi connectivity index (χ0v) is 10.4. The van der Waals surface area contributed by atoms with Crippen LogP contribution in [0.4, 0.5) is 5.82 Å². The minimum absolute atomic E-state index is 0.216. The molecule has 2 N–H and O–H groups in total. The fraction of sp³-hybridized carbons (Fsp3) is 0.500. The summed E-state index contributed by atoms with van der Waals surface area (Å²) in [7, 11) is 0. The number of nitrogens with one attached hydrogen (secondary N) is 1. The molecule has 88 valence electrons. The summed E-state index contributed by atoms with van der Waals surface area (Å²) in [5, 5.41) is 19.9. The highest BCUT2D eigenvalue weighted by Gasteiger charge is 2.16. The van der Waals surface area contributed by atoms with Crippen molar-refractivity contribution in [3.8, 4) is 0 Å². The Balaban J connectivity index is 2.99. The highest BCUT2D eigenvalue weighted by atomic mass is 32.2. The third-order valence-electron chi connectivity index (χ3n) is 2.27. The van der Waals surface area contributed by atoms with Gasteiger partial charge in [-0.25, -0.2) is 4.79 Å². The second-order valence-electron chi connectivity index (χ2n) is 3.36. The number of carboxylic acids is 1. The molecule has 0 amide bonds. The molecule has 1 rings (SSSR count). The van der Waals surface area contributed by atoms with Crippen LogP contribution in [0, 0.1) is 13.8 Å². The van der Waals surface area contributed by atoms with Crippen LogP contribution in [0.1, 0.15) is 21.6 Å². The molecular weight excluding hydrogens is 226 g/mol. The number of aromatic nitrogens is 2. The first-order chi connectivity index (χ1) is 7.57. The van der Waals surface area contributed by atoms with E-state index in [0.717, 1.165) is 5.75 Å². The maximum absolute atomic E-state index is 11.1. The molecule has 1 heterocycles. The monoisotopic (exact) mass is 241 g/mol. The Hall–Kier alpha value is -1.30. The van der Waals surface area contributed by atoms with Gasteiger partial charge in [0.1, 0.15) is 5.56 Å². The van der Waals surface area contributed by atoms with E-state index < -0.39 is 5.97 Å². The Morgan fingerprint density at radius 2 is 2.12 bits per heavy atom. The number of nitrogens with zero attached hydrogens (tertiary/aromatic N) is 2. The van der Waals surface area contributed by atoms with E-state index >= 15 is 0 Å². The molecule has 0 saturated carbocycles. The Morgan fingerprint density at radius 1 is 1.44 bits per heavy atom. The Kier molecular flexibility index (Phi) is 4.54. The molecule has 0 fully saturated rings. The van der Waals surface area contributed by atoms with E-state index in [9.17, 15) is 4.79 Å². The van der Waals surface area contributed by atoms with Gasteiger partial charge in [0, 0.05) is 12.3 Å². The van der Waals surface area contributed by atoms with Crippen LogP contribution in [-0.2, 0) is 0 Å². The van der Waals surface area contributed by atoms with Gasteiger partial charge in [0.25, 0.3) is 0 Å². The van der Waals surface area contributed by atoms with Crippen LogP contribution in [0.5, 0.6) is 0 Å². The summed E-state index contributed by atoms with van der Waals surface area (Å²) in [6, 6.07) is 0. The minimum Gasteiger partial charge on any atom is -0.478 e. The Labute approximate surface area is 98.7 Å². The molecule has 0 saturated heterocycles. The molecule has 0 atom stereocenters. The molecule has 1 aromatic rings. The van der Waals surface area contributed by atoms with Gasteiger partial charge in [-0.3, -0.25) is 0 Å². The van der Waals surface area contributed by atoms with E-state index in [4.69, 9.17) is 5.11 Å². The molecule has 0 bridgehead atoms. The fourth-order valence-corrected chi connectivity index (χ4v) is 1.57. The van der Waals surface area contributed by atoms with Gasteiger partial charge in [0.15, 0.2) is 5.82 Å². The Morgan fingerprint density at radius 3 is 2.69 bits per heavy atom. The summed E-state index contributed by atoms with van der Waals surface area (Å²) in [5.74, 6) is 0.278. The average Bonchev–Trinajstić information content (AvgIpc) is 2.23. The fourth-order valence-electron chi connectivity index (χ4n) is 1.27. The SMILES string of the molecule is CSCCNc1nnc(C)c(C)c1C(=O)O. The Bertz CT molecular complexity index is 396. The summed E-state index contributed by atoms with van der Waals surface area (Å²) >= 11 is 1.68. The van der Waals surface area contributed by atoms with Gasteiger partial charge in [-0.15, -0.1) is 5.10 Å². The summed E-state index contributed by atoms with van der Waals surface area (Å²) < 4.78 is 0. The van der Waals surface area contributed by atoms with E-state index in [2.05, 4.69) is 15.5 Å². The molecule has 0 aromatic carbocycles. The van der Waals surface area contributed by atoms with Gasteiger partial charge in [-0.05, 0) is 25.7 Å². The molecule has 0 radical (unpaired) electrons. The van der Waals surface area contributed by atoms with Gasteiger partial charge in [-0.2, -0.15) is 16.9 Å². The van der Waals surface area contributed by atoms with Crippen LogP contribution in [-0.4, -0.2) is 39.8 Å². The van der Waals surface area contributed by atoms with Gasteiger partial charge >= 0.3 is 5.97 Å². The van der Waals surface area contributed by atoms with Crippen molar-refractivity contribution in [1.29, 1.82) is 0 Å². The van der Waals surface area contributed by atoms with Gasteiger partial charge in [-0.1, -0.05) is 0 Å². The van der Waals surface area contributed by atoms with Crippen molar-refractivity contribution in [3.63, 3.8) is 0 Å². The minimum atomic E-state index is -0.970. The molecule has 5 nitrogen and oxygen atoms in total. The van der Waals surface area contributed by atoms with E-state index in [1.807, 2.05) is 6.26 Å². The number of aromatic carboxylic acids is 1. The highest BCUT2D eigenvalue weighted by Crippen LogP contribution is 2.18. The number of carboxylic acid groups (broad SMARTS) is 1. The lowest BCUT2D eigenvalue weighted by Gasteiger charge is -2.10. The number of anilines is 1. The molecule has 0 spiro atoms. The summed E-state index contributed by atoms with van der Waals surface area (Å²) in [6.07, 6.45) is 1.99. The molecule has 0 aliphatic carbocycles. The number of hydrogen-bond donors (Lipinski definition) is 2. The maximum atomic E-state index is 11.1. The molecule has 1 aromatic heterocycles. The number of carbonyl (C=O) groups is 1. The molecule has 16 heavy (non-hydrogen) atoms. The first kappa shape index (κ1) is 12.8. The van der Waals surface area contributed by atoms with Crippen LogP contribution < -0.4 is 5.32 Å². The number of rotatable bonds is 5. The summed E-state index contributed by atoms with van der Waals surface area (Å²) in [6.45, 7) is 4.17. The highest BCUT2D eigenvalue weighted by molar-refractivity contribution is 7.98. The number of aryl methyl sites for hydroxylation is 1. The van der Waals surface area contributed by atoms with E-state index in [-0.39, 0.29) is 5.56 Å². The summed E-state index contributed by atoms with van der Waals surface area (Å²) in [5.41, 5.74) is 1.52. The molecule has 0 aliphatic heterocycles. The molecule has 0 unspecified atom stereocenters. The van der Waals surface area contributed by atoms with Crippen LogP contribution in [0.3, 0.4) is 0 Å². The quantitative estimate of drug-likeness (QED) is 0.762. The van der Waals surface area contributed by atoms with Gasteiger partial charge in [0.05, 0.1) is 5.69 Å². The number of hydrogen-bond acceptors (Lipinski definition) is 5. The summed E-state index contributed by atoms with van der Waals surface area (Å²) in [4.78, 5) is 11.1. The average molecular weight is 241 g/mol. The van der Waals surface area contributed by atoms with Crippen LogP contribution in [0.25, 0.3) is 0 Å². The van der Waals surface area contributed by atoms with E-state index in [0.29, 0.717) is 23.6 Å². The third-order valence-corrected chi connectivity index (χ3v) is 2.88. The zero-order chi connectivity index (χ0) is 12.1. The smallest absolute Gasteiger partial charge is 0.339 e. The lowest BCUT2D eigenvalue weighted by molar-refractivity contribution is 0.0696. The number of thioether (sulfide) groups is 1. The van der Waals surface area contributed by atoms with Gasteiger partial charge < -0.3 is 10.4 Å². The second-order valence-corrected chi connectivity index (χ2v) is 4.34. The van der Waals surface area contributed by atoms with Crippen LogP contribution in [0.15, 0.2) is 0 Å². The second kappa shape index (κ2) is 5.69. The van der Waals surface area contributed by atoms with Crippen molar-refractivity contribution >= 4 is 23.5 Å². The topological polar surface area (TPSA) is 75.1 Å². The first-order valence-corrected chi connectivity index (χ1v) is 6.27. The zero-order valence-electron chi connectivity index (χ0n) is 9.57. The van der Waals surface area contributed by atoms with Crippen molar-refractivity contribution < 1.29 is 9.90 Å². The van der Waals surface area contributed by atoms with Gasteiger partial charge in [0.2, 0.25) is 0 Å². The van der Waals surface area contributed by atoms with Crippen molar-refractivity contribution in [3.05, 3.63) is 16.8 Å².